The molecule has 4 rings (SSSR count). The van der Waals surface area contributed by atoms with Crippen molar-refractivity contribution in [3.05, 3.63) is 94.0 Å². The van der Waals surface area contributed by atoms with Gasteiger partial charge in [0.25, 0.3) is 0 Å². The van der Waals surface area contributed by atoms with Crippen LogP contribution in [0.5, 0.6) is 0 Å². The van der Waals surface area contributed by atoms with E-state index in [9.17, 15) is 14.4 Å². The van der Waals surface area contributed by atoms with E-state index in [0.717, 1.165) is 15.4 Å². The van der Waals surface area contributed by atoms with E-state index in [4.69, 9.17) is 4.74 Å². The van der Waals surface area contributed by atoms with Gasteiger partial charge in [0.1, 0.15) is 0 Å². The zero-order chi connectivity index (χ0) is 20.5. The van der Waals surface area contributed by atoms with Gasteiger partial charge in [-0.2, -0.15) is 0 Å². The minimum Gasteiger partial charge on any atom is -0.462 e. The second-order valence-corrected chi connectivity index (χ2v) is 7.80. The molecule has 3 aromatic carbocycles. The summed E-state index contributed by atoms with van der Waals surface area (Å²) in [6, 6.07) is 17.7. The lowest BCUT2D eigenvalue weighted by atomic mass is 9.84. The van der Waals surface area contributed by atoms with Crippen LogP contribution in [-0.2, 0) is 4.74 Å². The summed E-state index contributed by atoms with van der Waals surface area (Å²) in [7, 11) is 0. The molecular formula is C24H18O4S. The van der Waals surface area contributed by atoms with Crippen molar-refractivity contribution in [2.45, 2.75) is 23.6 Å². The van der Waals surface area contributed by atoms with E-state index < -0.39 is 0 Å². The number of ether oxygens (including phenoxy) is 1. The number of benzene rings is 3. The maximum absolute atomic E-state index is 13.1. The minimum atomic E-state index is -0.351. The van der Waals surface area contributed by atoms with E-state index in [2.05, 4.69) is 0 Å². The third-order valence-corrected chi connectivity index (χ3v) is 5.89. The molecule has 0 spiro atoms. The molecule has 0 heterocycles. The number of ketones is 2. The maximum atomic E-state index is 13.1. The first-order valence-corrected chi connectivity index (χ1v) is 10.1. The van der Waals surface area contributed by atoms with Gasteiger partial charge in [-0.15, -0.1) is 0 Å². The van der Waals surface area contributed by atoms with Gasteiger partial charge in [0.05, 0.1) is 12.2 Å². The quantitative estimate of drug-likeness (QED) is 0.445. The second kappa shape index (κ2) is 7.68. The minimum absolute atomic E-state index is 0.133. The average molecular weight is 402 g/mol. The fraction of sp³-hybridized carbons (Fsp3) is 0.125. The summed E-state index contributed by atoms with van der Waals surface area (Å²) in [5.41, 5.74) is 3.07. The van der Waals surface area contributed by atoms with Gasteiger partial charge >= 0.3 is 5.97 Å². The molecule has 0 fully saturated rings. The molecule has 0 aliphatic heterocycles. The van der Waals surface area contributed by atoms with Gasteiger partial charge < -0.3 is 4.74 Å². The fourth-order valence-corrected chi connectivity index (χ4v) is 4.54. The third-order valence-electron chi connectivity index (χ3n) is 4.84. The molecule has 0 saturated carbocycles. The standard InChI is InChI=1S/C24H18O4S/c1-3-28-24(27)16-12-11-15(13-14(16)2)29-20-10-6-9-19-21(20)23(26)18-8-5-4-7-17(18)22(19)25/h4-13H,3H2,1-2H3. The summed E-state index contributed by atoms with van der Waals surface area (Å²) in [5.74, 6) is -0.624. The van der Waals surface area contributed by atoms with Gasteiger partial charge in [0.2, 0.25) is 0 Å². The van der Waals surface area contributed by atoms with E-state index in [-0.39, 0.29) is 17.5 Å². The topological polar surface area (TPSA) is 60.4 Å². The summed E-state index contributed by atoms with van der Waals surface area (Å²) < 4.78 is 5.07. The number of carbonyl (C=O) groups excluding carboxylic acids is 3. The van der Waals surface area contributed by atoms with Crippen molar-refractivity contribution in [1.29, 1.82) is 0 Å². The highest BCUT2D eigenvalue weighted by molar-refractivity contribution is 7.99. The number of fused-ring (bicyclic) bond motifs is 2. The average Bonchev–Trinajstić information content (AvgIpc) is 2.72. The van der Waals surface area contributed by atoms with Crippen LogP contribution >= 0.6 is 11.8 Å². The Bertz CT molecular complexity index is 1160. The number of aryl methyl sites for hydroxylation is 1. The largest absolute Gasteiger partial charge is 0.462 e. The highest BCUT2D eigenvalue weighted by Gasteiger charge is 2.31. The summed E-state index contributed by atoms with van der Waals surface area (Å²) in [4.78, 5) is 39.6. The molecule has 0 bridgehead atoms. The van der Waals surface area contributed by atoms with Crippen molar-refractivity contribution in [3.8, 4) is 0 Å². The highest BCUT2D eigenvalue weighted by Crippen LogP contribution is 2.37. The smallest absolute Gasteiger partial charge is 0.338 e. The van der Waals surface area contributed by atoms with Crippen molar-refractivity contribution in [2.24, 2.45) is 0 Å². The normalized spacial score (nSPS) is 12.3. The van der Waals surface area contributed by atoms with E-state index in [0.29, 0.717) is 34.4 Å². The van der Waals surface area contributed by atoms with Crippen LogP contribution in [0.2, 0.25) is 0 Å². The molecule has 1 aliphatic rings. The first kappa shape index (κ1) is 19.2. The van der Waals surface area contributed by atoms with Crippen molar-refractivity contribution < 1.29 is 19.1 Å². The molecule has 0 amide bonds. The molecule has 0 saturated heterocycles. The van der Waals surface area contributed by atoms with Gasteiger partial charge in [-0.05, 0) is 43.7 Å². The SMILES string of the molecule is CCOC(=O)c1ccc(Sc2cccc3c2C(=O)c2ccccc2C3=O)cc1C. The predicted molar refractivity (Wildman–Crippen MR) is 111 cm³/mol. The van der Waals surface area contributed by atoms with Crippen molar-refractivity contribution >= 4 is 29.3 Å². The van der Waals surface area contributed by atoms with Gasteiger partial charge in [-0.1, -0.05) is 48.2 Å². The maximum Gasteiger partial charge on any atom is 0.338 e. The molecule has 144 valence electrons. The molecular weight excluding hydrogens is 384 g/mol. The first-order chi connectivity index (χ1) is 14.0. The Balaban J connectivity index is 1.72. The highest BCUT2D eigenvalue weighted by atomic mass is 32.2. The van der Waals surface area contributed by atoms with Crippen LogP contribution < -0.4 is 0 Å². The van der Waals surface area contributed by atoms with E-state index >= 15 is 0 Å². The fourth-order valence-electron chi connectivity index (χ4n) is 3.46. The van der Waals surface area contributed by atoms with E-state index in [1.165, 1.54) is 11.8 Å². The van der Waals surface area contributed by atoms with E-state index in [1.807, 2.05) is 25.1 Å². The lowest BCUT2D eigenvalue weighted by molar-refractivity contribution is 0.0525. The molecule has 0 aromatic heterocycles. The second-order valence-electron chi connectivity index (χ2n) is 6.68. The van der Waals surface area contributed by atoms with E-state index in [1.54, 1.807) is 49.4 Å². The van der Waals surface area contributed by atoms with Crippen LogP contribution in [0.3, 0.4) is 0 Å². The zero-order valence-corrected chi connectivity index (χ0v) is 16.8. The lowest BCUT2D eigenvalue weighted by Crippen LogP contribution is -2.21. The Morgan fingerprint density at radius 1 is 0.897 bits per heavy atom. The number of hydrogen-bond donors (Lipinski definition) is 0. The Morgan fingerprint density at radius 3 is 2.28 bits per heavy atom. The van der Waals surface area contributed by atoms with Crippen molar-refractivity contribution in [3.63, 3.8) is 0 Å². The Kier molecular flexibility index (Phi) is 5.07. The van der Waals surface area contributed by atoms with Crippen LogP contribution in [-0.4, -0.2) is 24.1 Å². The number of rotatable bonds is 4. The van der Waals surface area contributed by atoms with Crippen molar-refractivity contribution in [2.75, 3.05) is 6.61 Å². The first-order valence-electron chi connectivity index (χ1n) is 9.28. The number of carbonyl (C=O) groups is 3. The Morgan fingerprint density at radius 2 is 1.59 bits per heavy atom. The van der Waals surface area contributed by atoms with Gasteiger partial charge in [-0.25, -0.2) is 4.79 Å². The van der Waals surface area contributed by atoms with Crippen LogP contribution in [0.15, 0.2) is 70.5 Å². The van der Waals surface area contributed by atoms with Crippen LogP contribution in [0.1, 0.15) is 54.7 Å². The third kappa shape index (κ3) is 3.38. The summed E-state index contributed by atoms with van der Waals surface area (Å²) >= 11 is 1.41. The summed E-state index contributed by atoms with van der Waals surface area (Å²) in [6.07, 6.45) is 0. The summed E-state index contributed by atoms with van der Waals surface area (Å²) in [6.45, 7) is 3.94. The van der Waals surface area contributed by atoms with Crippen LogP contribution in [0.25, 0.3) is 0 Å². The molecule has 1 aliphatic carbocycles. The van der Waals surface area contributed by atoms with Gasteiger partial charge in [-0.3, -0.25) is 9.59 Å². The molecule has 29 heavy (non-hydrogen) atoms. The zero-order valence-electron chi connectivity index (χ0n) is 16.0. The van der Waals surface area contributed by atoms with Crippen molar-refractivity contribution in [1.82, 2.24) is 0 Å². The number of esters is 1. The molecule has 4 nitrogen and oxygen atoms in total. The van der Waals surface area contributed by atoms with Crippen LogP contribution in [0, 0.1) is 6.92 Å². The molecule has 3 aromatic rings. The Labute approximate surface area is 172 Å². The van der Waals surface area contributed by atoms with Gasteiger partial charge in [0, 0.05) is 32.0 Å². The predicted octanol–water partition coefficient (Wildman–Crippen LogP) is 5.10. The Hall–Kier alpha value is -3.18. The number of hydrogen-bond acceptors (Lipinski definition) is 5. The van der Waals surface area contributed by atoms with Crippen LogP contribution in [0.4, 0.5) is 0 Å². The molecule has 0 unspecified atom stereocenters. The van der Waals surface area contributed by atoms with Gasteiger partial charge in [0.15, 0.2) is 11.6 Å². The molecule has 5 heteroatoms. The molecule has 0 atom stereocenters. The summed E-state index contributed by atoms with van der Waals surface area (Å²) in [5, 5.41) is 0. The lowest BCUT2D eigenvalue weighted by Gasteiger charge is -2.20. The monoisotopic (exact) mass is 402 g/mol. The molecule has 0 N–H and O–H groups in total. The molecule has 0 radical (unpaired) electrons.